The first kappa shape index (κ1) is 13.2. The highest BCUT2D eigenvalue weighted by Gasteiger charge is 2.17. The summed E-state index contributed by atoms with van der Waals surface area (Å²) in [6.07, 6.45) is 1.96. The van der Waals surface area contributed by atoms with Crippen molar-refractivity contribution in [2.45, 2.75) is 33.1 Å². The summed E-state index contributed by atoms with van der Waals surface area (Å²) in [7, 11) is 0. The van der Waals surface area contributed by atoms with Gasteiger partial charge in [0.15, 0.2) is 0 Å². The fourth-order valence-electron chi connectivity index (χ4n) is 1.80. The molecule has 17 heavy (non-hydrogen) atoms. The summed E-state index contributed by atoms with van der Waals surface area (Å²) >= 11 is 0. The average Bonchev–Trinajstić information content (AvgIpc) is 2.29. The maximum atomic E-state index is 8.66. The lowest BCUT2D eigenvalue weighted by Crippen LogP contribution is -2.27. The Morgan fingerprint density at radius 3 is 2.71 bits per heavy atom. The molecular weight excluding hydrogens is 214 g/mol. The predicted molar refractivity (Wildman–Crippen MR) is 68.7 cm³/mol. The van der Waals surface area contributed by atoms with Crippen LogP contribution in [-0.4, -0.2) is 23.1 Å². The predicted octanol–water partition coefficient (Wildman–Crippen LogP) is 1.92. The van der Waals surface area contributed by atoms with Gasteiger partial charge in [0.1, 0.15) is 18.0 Å². The minimum Gasteiger partial charge on any atom is -0.383 e. The molecule has 0 saturated heterocycles. The highest BCUT2D eigenvalue weighted by Crippen LogP contribution is 2.28. The van der Waals surface area contributed by atoms with Crippen molar-refractivity contribution in [1.82, 2.24) is 9.97 Å². The molecule has 0 bridgehead atoms. The number of hydrogen-bond acceptors (Lipinski definition) is 5. The first-order valence-electron chi connectivity index (χ1n) is 5.84. The number of aromatic nitrogens is 2. The standard InChI is InChI=1S/C12H19N5/c1-4-17(7-5-6-13)12-10(9(2)3)11(14)15-8-16-12/h8-9H,4-5,7H2,1-3H3,(H2,14,15,16). The minimum absolute atomic E-state index is 0.266. The van der Waals surface area contributed by atoms with Crippen LogP contribution in [0.2, 0.25) is 0 Å². The summed E-state index contributed by atoms with van der Waals surface area (Å²) in [4.78, 5) is 10.4. The third kappa shape index (κ3) is 3.06. The quantitative estimate of drug-likeness (QED) is 0.840. The SMILES string of the molecule is CCN(CCC#N)c1ncnc(N)c1C(C)C. The molecule has 0 aliphatic carbocycles. The molecule has 0 saturated carbocycles. The Labute approximate surface area is 102 Å². The summed E-state index contributed by atoms with van der Waals surface area (Å²) in [5.74, 6) is 1.65. The number of nitriles is 1. The van der Waals surface area contributed by atoms with Gasteiger partial charge in [0.25, 0.3) is 0 Å². The van der Waals surface area contributed by atoms with Crippen molar-refractivity contribution in [2.75, 3.05) is 23.7 Å². The van der Waals surface area contributed by atoms with Crippen molar-refractivity contribution in [1.29, 1.82) is 5.26 Å². The zero-order valence-electron chi connectivity index (χ0n) is 10.6. The highest BCUT2D eigenvalue weighted by molar-refractivity contribution is 5.58. The van der Waals surface area contributed by atoms with E-state index in [1.165, 1.54) is 6.33 Å². The van der Waals surface area contributed by atoms with Crippen LogP contribution < -0.4 is 10.6 Å². The normalized spacial score (nSPS) is 10.3. The lowest BCUT2D eigenvalue weighted by atomic mass is 10.0. The number of nitrogen functional groups attached to an aromatic ring is 1. The van der Waals surface area contributed by atoms with Crippen LogP contribution in [-0.2, 0) is 0 Å². The van der Waals surface area contributed by atoms with Crippen molar-refractivity contribution < 1.29 is 0 Å². The van der Waals surface area contributed by atoms with Gasteiger partial charge in [-0.15, -0.1) is 0 Å². The topological polar surface area (TPSA) is 78.8 Å². The van der Waals surface area contributed by atoms with Crippen molar-refractivity contribution in [3.63, 3.8) is 0 Å². The third-order valence-electron chi connectivity index (χ3n) is 2.65. The van der Waals surface area contributed by atoms with Gasteiger partial charge < -0.3 is 10.6 Å². The largest absolute Gasteiger partial charge is 0.383 e. The van der Waals surface area contributed by atoms with Gasteiger partial charge in [-0.05, 0) is 12.8 Å². The van der Waals surface area contributed by atoms with E-state index in [1.54, 1.807) is 0 Å². The van der Waals surface area contributed by atoms with E-state index >= 15 is 0 Å². The van der Waals surface area contributed by atoms with Crippen LogP contribution >= 0.6 is 0 Å². The molecule has 0 aliphatic heterocycles. The zero-order chi connectivity index (χ0) is 12.8. The van der Waals surface area contributed by atoms with E-state index < -0.39 is 0 Å². The Morgan fingerprint density at radius 1 is 1.47 bits per heavy atom. The molecule has 1 heterocycles. The summed E-state index contributed by atoms with van der Waals surface area (Å²) in [5, 5.41) is 8.66. The number of rotatable bonds is 5. The zero-order valence-corrected chi connectivity index (χ0v) is 10.6. The van der Waals surface area contributed by atoms with Crippen molar-refractivity contribution in [3.05, 3.63) is 11.9 Å². The molecule has 1 rings (SSSR count). The number of hydrogen-bond donors (Lipinski definition) is 1. The molecule has 5 heteroatoms. The molecule has 92 valence electrons. The molecule has 0 spiro atoms. The second-order valence-corrected chi connectivity index (χ2v) is 4.14. The van der Waals surface area contributed by atoms with Gasteiger partial charge in [0.05, 0.1) is 12.5 Å². The van der Waals surface area contributed by atoms with Gasteiger partial charge in [0.2, 0.25) is 0 Å². The van der Waals surface area contributed by atoms with Crippen LogP contribution in [0.25, 0.3) is 0 Å². The van der Waals surface area contributed by atoms with E-state index in [-0.39, 0.29) is 5.92 Å². The second kappa shape index (κ2) is 6.04. The molecular formula is C12H19N5. The molecule has 0 fully saturated rings. The van der Waals surface area contributed by atoms with E-state index in [0.717, 1.165) is 17.9 Å². The van der Waals surface area contributed by atoms with Crippen molar-refractivity contribution >= 4 is 11.6 Å². The number of nitrogens with two attached hydrogens (primary N) is 1. The summed E-state index contributed by atoms with van der Waals surface area (Å²) in [6.45, 7) is 7.65. The molecule has 5 nitrogen and oxygen atoms in total. The lowest BCUT2D eigenvalue weighted by Gasteiger charge is -2.25. The van der Waals surface area contributed by atoms with E-state index in [2.05, 4.69) is 34.8 Å². The molecule has 0 aliphatic rings. The number of nitrogens with zero attached hydrogens (tertiary/aromatic N) is 4. The molecule has 0 radical (unpaired) electrons. The number of anilines is 2. The van der Waals surface area contributed by atoms with Gasteiger partial charge in [0, 0.05) is 18.7 Å². The van der Waals surface area contributed by atoms with Crippen molar-refractivity contribution in [3.8, 4) is 6.07 Å². The minimum atomic E-state index is 0.266. The van der Waals surface area contributed by atoms with Crippen LogP contribution in [0.4, 0.5) is 11.6 Å². The molecule has 0 unspecified atom stereocenters. The Hall–Kier alpha value is -1.83. The van der Waals surface area contributed by atoms with Crippen molar-refractivity contribution in [2.24, 2.45) is 0 Å². The molecule has 0 amide bonds. The van der Waals surface area contributed by atoms with Gasteiger partial charge in [-0.3, -0.25) is 0 Å². The molecule has 1 aromatic rings. The fraction of sp³-hybridized carbons (Fsp3) is 0.583. The van der Waals surface area contributed by atoms with Crippen LogP contribution in [0.1, 0.15) is 38.7 Å². The Morgan fingerprint density at radius 2 is 2.18 bits per heavy atom. The van der Waals surface area contributed by atoms with Crippen LogP contribution in [0.15, 0.2) is 6.33 Å². The summed E-state index contributed by atoms with van der Waals surface area (Å²) in [5.41, 5.74) is 6.87. The lowest BCUT2D eigenvalue weighted by molar-refractivity contribution is 0.773. The van der Waals surface area contributed by atoms with E-state index in [9.17, 15) is 0 Å². The molecule has 1 aromatic heterocycles. The summed E-state index contributed by atoms with van der Waals surface area (Å²) < 4.78 is 0. The monoisotopic (exact) mass is 233 g/mol. The maximum absolute atomic E-state index is 8.66. The van der Waals surface area contributed by atoms with Gasteiger partial charge in [-0.25, -0.2) is 9.97 Å². The Kier molecular flexibility index (Phi) is 4.70. The van der Waals surface area contributed by atoms with Crippen LogP contribution in [0, 0.1) is 11.3 Å². The molecule has 2 N–H and O–H groups in total. The maximum Gasteiger partial charge on any atom is 0.137 e. The van der Waals surface area contributed by atoms with E-state index in [4.69, 9.17) is 11.0 Å². The average molecular weight is 233 g/mol. The first-order chi connectivity index (χ1) is 8.11. The van der Waals surface area contributed by atoms with Crippen LogP contribution in [0.3, 0.4) is 0 Å². The van der Waals surface area contributed by atoms with E-state index in [0.29, 0.717) is 18.8 Å². The Bertz CT molecular complexity index is 408. The Balaban J connectivity index is 3.10. The smallest absolute Gasteiger partial charge is 0.137 e. The van der Waals surface area contributed by atoms with Gasteiger partial charge in [-0.2, -0.15) is 5.26 Å². The fourth-order valence-corrected chi connectivity index (χ4v) is 1.80. The highest BCUT2D eigenvalue weighted by atomic mass is 15.2. The third-order valence-corrected chi connectivity index (χ3v) is 2.65. The second-order valence-electron chi connectivity index (χ2n) is 4.14. The van der Waals surface area contributed by atoms with Crippen LogP contribution in [0.5, 0.6) is 0 Å². The first-order valence-corrected chi connectivity index (χ1v) is 5.84. The molecule has 0 aromatic carbocycles. The molecule has 0 atom stereocenters. The van der Waals surface area contributed by atoms with E-state index in [1.807, 2.05) is 6.92 Å². The van der Waals surface area contributed by atoms with Gasteiger partial charge >= 0.3 is 0 Å². The summed E-state index contributed by atoms with van der Waals surface area (Å²) in [6, 6.07) is 2.15. The van der Waals surface area contributed by atoms with Gasteiger partial charge in [-0.1, -0.05) is 13.8 Å².